The van der Waals surface area contributed by atoms with Gasteiger partial charge in [0.1, 0.15) is 0 Å². The zero-order chi connectivity index (χ0) is 14.3. The topological polar surface area (TPSA) is 70.0 Å². The van der Waals surface area contributed by atoms with Crippen molar-refractivity contribution in [3.63, 3.8) is 0 Å². The van der Waals surface area contributed by atoms with Gasteiger partial charge in [0, 0.05) is 28.9 Å². The Morgan fingerprint density at radius 1 is 1.42 bits per heavy atom. The second-order valence-electron chi connectivity index (χ2n) is 4.52. The first-order chi connectivity index (χ1) is 9.01. The van der Waals surface area contributed by atoms with Gasteiger partial charge in [-0.15, -0.1) is 0 Å². The third kappa shape index (κ3) is 6.16. The van der Waals surface area contributed by atoms with Gasteiger partial charge < -0.3 is 5.32 Å². The maximum Gasteiger partial charge on any atom is 0.224 e. The lowest BCUT2D eigenvalue weighted by Gasteiger charge is -2.13. The Morgan fingerprint density at radius 2 is 2.05 bits per heavy atom. The number of hydrogen-bond acceptors (Lipinski definition) is 3. The molecule has 19 heavy (non-hydrogen) atoms. The summed E-state index contributed by atoms with van der Waals surface area (Å²) in [5.41, 5.74) is 1.46. The van der Waals surface area contributed by atoms with Crippen molar-refractivity contribution >= 4 is 16.7 Å². The van der Waals surface area contributed by atoms with E-state index in [2.05, 4.69) is 5.32 Å². The average molecular weight is 278 g/mol. The summed E-state index contributed by atoms with van der Waals surface area (Å²) >= 11 is 0. The fraction of sp³-hybridized carbons (Fsp3) is 0.429. The molecule has 0 spiro atoms. The summed E-state index contributed by atoms with van der Waals surface area (Å²) in [7, 11) is -0.825. The smallest absolute Gasteiger partial charge is 0.224 e. The minimum atomic E-state index is -0.825. The summed E-state index contributed by atoms with van der Waals surface area (Å²) in [6.07, 6.45) is 2.67. The van der Waals surface area contributed by atoms with Crippen molar-refractivity contribution in [2.45, 2.75) is 25.8 Å². The predicted molar refractivity (Wildman–Crippen MR) is 76.0 cm³/mol. The normalized spacial score (nSPS) is 13.3. The molecule has 0 saturated heterocycles. The predicted octanol–water partition coefficient (Wildman–Crippen LogP) is 1.37. The Morgan fingerprint density at radius 3 is 2.58 bits per heavy atom. The van der Waals surface area contributed by atoms with E-state index in [0.29, 0.717) is 24.2 Å². The van der Waals surface area contributed by atoms with E-state index in [-0.39, 0.29) is 11.9 Å². The van der Waals surface area contributed by atoms with E-state index in [0.717, 1.165) is 5.56 Å². The van der Waals surface area contributed by atoms with E-state index in [9.17, 15) is 9.00 Å². The summed E-state index contributed by atoms with van der Waals surface area (Å²) in [6.45, 7) is 1.91. The van der Waals surface area contributed by atoms with Gasteiger partial charge in [-0.1, -0.05) is 12.1 Å². The Bertz CT molecular complexity index is 491. The summed E-state index contributed by atoms with van der Waals surface area (Å²) < 4.78 is 11.0. The first-order valence-corrected chi connectivity index (χ1v) is 7.82. The summed E-state index contributed by atoms with van der Waals surface area (Å²) in [5, 5.41) is 11.6. The van der Waals surface area contributed by atoms with Gasteiger partial charge in [-0.25, -0.2) is 0 Å². The molecule has 0 heterocycles. The number of nitrogens with one attached hydrogen (secondary N) is 1. The molecule has 0 fully saturated rings. The molecule has 1 amide bonds. The molecule has 0 aliphatic carbocycles. The van der Waals surface area contributed by atoms with E-state index in [1.54, 1.807) is 30.5 Å². The second kappa shape index (κ2) is 7.70. The molecule has 1 aromatic carbocycles. The Kier molecular flexibility index (Phi) is 6.23. The van der Waals surface area contributed by atoms with Crippen molar-refractivity contribution in [3.05, 3.63) is 35.4 Å². The first-order valence-electron chi connectivity index (χ1n) is 6.09. The van der Waals surface area contributed by atoms with Crippen LogP contribution in [0.3, 0.4) is 0 Å². The van der Waals surface area contributed by atoms with Crippen LogP contribution in [0.5, 0.6) is 0 Å². The minimum Gasteiger partial charge on any atom is -0.353 e. The van der Waals surface area contributed by atoms with Gasteiger partial charge in [0.2, 0.25) is 5.91 Å². The quantitative estimate of drug-likeness (QED) is 0.854. The van der Waals surface area contributed by atoms with E-state index >= 15 is 0 Å². The molecule has 0 aliphatic heterocycles. The molecular weight excluding hydrogens is 260 g/mol. The van der Waals surface area contributed by atoms with E-state index < -0.39 is 10.8 Å². The van der Waals surface area contributed by atoms with Crippen LogP contribution in [0.4, 0.5) is 0 Å². The van der Waals surface area contributed by atoms with Crippen molar-refractivity contribution < 1.29 is 9.00 Å². The van der Waals surface area contributed by atoms with Crippen LogP contribution in [0.25, 0.3) is 0 Å². The van der Waals surface area contributed by atoms with Gasteiger partial charge in [-0.05, 0) is 31.0 Å². The molecule has 102 valence electrons. The number of rotatable bonds is 6. The zero-order valence-electron chi connectivity index (χ0n) is 11.2. The standard InChI is InChI=1S/C14H18N2O2S/c1-11(7-8-19(2)18)16-14(17)9-12-3-5-13(10-15)6-4-12/h3-6,11H,7-9H2,1-2H3,(H,16,17). The third-order valence-electron chi connectivity index (χ3n) is 2.69. The van der Waals surface area contributed by atoms with Crippen LogP contribution in [0.1, 0.15) is 24.5 Å². The van der Waals surface area contributed by atoms with Crippen LogP contribution < -0.4 is 5.32 Å². The van der Waals surface area contributed by atoms with Crippen molar-refractivity contribution in [3.8, 4) is 6.07 Å². The fourth-order valence-electron chi connectivity index (χ4n) is 1.62. The van der Waals surface area contributed by atoms with Crippen LogP contribution in [0.2, 0.25) is 0 Å². The molecule has 0 aliphatic rings. The van der Waals surface area contributed by atoms with Crippen LogP contribution in [0.15, 0.2) is 24.3 Å². The Hall–Kier alpha value is -1.67. The van der Waals surface area contributed by atoms with Gasteiger partial charge >= 0.3 is 0 Å². The first kappa shape index (κ1) is 15.4. The molecule has 0 aromatic heterocycles. The lowest BCUT2D eigenvalue weighted by molar-refractivity contribution is -0.121. The number of carbonyl (C=O) groups is 1. The zero-order valence-corrected chi connectivity index (χ0v) is 12.0. The van der Waals surface area contributed by atoms with E-state index in [1.807, 2.05) is 13.0 Å². The molecular formula is C14H18N2O2S. The summed E-state index contributed by atoms with van der Waals surface area (Å²) in [6, 6.07) is 9.03. The number of nitriles is 1. The second-order valence-corrected chi connectivity index (χ2v) is 6.07. The Labute approximate surface area is 116 Å². The highest BCUT2D eigenvalue weighted by Gasteiger charge is 2.08. The van der Waals surface area contributed by atoms with Crippen LogP contribution >= 0.6 is 0 Å². The maximum atomic E-state index is 11.8. The molecule has 2 unspecified atom stereocenters. The van der Waals surface area contributed by atoms with Gasteiger partial charge in [0.05, 0.1) is 18.1 Å². The number of carbonyl (C=O) groups excluding carboxylic acids is 1. The summed E-state index contributed by atoms with van der Waals surface area (Å²) in [5.74, 6) is 0.539. The van der Waals surface area contributed by atoms with Crippen molar-refractivity contribution in [2.24, 2.45) is 0 Å². The number of benzene rings is 1. The lowest BCUT2D eigenvalue weighted by Crippen LogP contribution is -2.34. The highest BCUT2D eigenvalue weighted by atomic mass is 32.2. The minimum absolute atomic E-state index is 0.0229. The molecule has 0 bridgehead atoms. The monoisotopic (exact) mass is 278 g/mol. The van der Waals surface area contributed by atoms with E-state index in [1.165, 1.54) is 0 Å². The molecule has 0 radical (unpaired) electrons. The van der Waals surface area contributed by atoms with Crippen LogP contribution in [-0.2, 0) is 22.0 Å². The lowest BCUT2D eigenvalue weighted by atomic mass is 10.1. The molecule has 5 heteroatoms. The largest absolute Gasteiger partial charge is 0.353 e. The maximum absolute atomic E-state index is 11.8. The van der Waals surface area contributed by atoms with E-state index in [4.69, 9.17) is 5.26 Å². The van der Waals surface area contributed by atoms with Gasteiger partial charge in [0.25, 0.3) is 0 Å². The van der Waals surface area contributed by atoms with Crippen LogP contribution in [0, 0.1) is 11.3 Å². The van der Waals surface area contributed by atoms with Crippen molar-refractivity contribution in [1.29, 1.82) is 5.26 Å². The van der Waals surface area contributed by atoms with Crippen molar-refractivity contribution in [2.75, 3.05) is 12.0 Å². The Balaban J connectivity index is 2.42. The summed E-state index contributed by atoms with van der Waals surface area (Å²) in [4.78, 5) is 11.8. The average Bonchev–Trinajstić information content (AvgIpc) is 2.37. The molecule has 1 rings (SSSR count). The molecule has 1 aromatic rings. The number of amides is 1. The number of hydrogen-bond donors (Lipinski definition) is 1. The third-order valence-corrected chi connectivity index (χ3v) is 3.50. The highest BCUT2D eigenvalue weighted by molar-refractivity contribution is 7.84. The van der Waals surface area contributed by atoms with Gasteiger partial charge in [-0.2, -0.15) is 5.26 Å². The van der Waals surface area contributed by atoms with Crippen molar-refractivity contribution in [1.82, 2.24) is 5.32 Å². The fourth-order valence-corrected chi connectivity index (χ4v) is 2.31. The molecule has 4 nitrogen and oxygen atoms in total. The molecule has 2 atom stereocenters. The highest BCUT2D eigenvalue weighted by Crippen LogP contribution is 2.04. The van der Waals surface area contributed by atoms with Crippen LogP contribution in [-0.4, -0.2) is 28.2 Å². The SMILES string of the molecule is CC(CCS(C)=O)NC(=O)Cc1ccc(C#N)cc1. The number of nitrogens with zero attached hydrogens (tertiary/aromatic N) is 1. The molecule has 0 saturated carbocycles. The van der Waals surface area contributed by atoms with Gasteiger partial charge in [-0.3, -0.25) is 9.00 Å². The van der Waals surface area contributed by atoms with Gasteiger partial charge in [0.15, 0.2) is 0 Å². The molecule has 1 N–H and O–H groups in total.